The number of thioether (sulfide) groups is 1. The number of anilines is 1. The Kier molecular flexibility index (Phi) is 6.56. The van der Waals surface area contributed by atoms with Crippen LogP contribution in [0.3, 0.4) is 0 Å². The molecule has 0 radical (unpaired) electrons. The lowest BCUT2D eigenvalue weighted by molar-refractivity contribution is -0.116. The van der Waals surface area contributed by atoms with Crippen LogP contribution in [-0.4, -0.2) is 31.7 Å². The zero-order chi connectivity index (χ0) is 21.8. The van der Waals surface area contributed by atoms with Crippen molar-refractivity contribution < 1.29 is 14.0 Å². The summed E-state index contributed by atoms with van der Waals surface area (Å²) >= 11 is 1.41. The molecule has 2 aromatic heterocycles. The average Bonchev–Trinajstić information content (AvgIpc) is 3.33. The number of Topliss-reactive ketones (excluding diaryl/α,β-unsaturated/α-hetero) is 1. The number of hydrogen-bond donors (Lipinski definition) is 1. The molecule has 3 aromatic rings. The molecular weight excluding hydrogens is 412 g/mol. The minimum absolute atomic E-state index is 0.0111. The number of nitrogens with zero attached hydrogens (tertiary/aromatic N) is 3. The third kappa shape index (κ3) is 5.25. The molecule has 0 saturated heterocycles. The third-order valence-electron chi connectivity index (χ3n) is 5.16. The summed E-state index contributed by atoms with van der Waals surface area (Å²) in [7, 11) is 0. The van der Waals surface area contributed by atoms with E-state index in [0.717, 1.165) is 36.0 Å². The molecule has 1 saturated carbocycles. The summed E-state index contributed by atoms with van der Waals surface area (Å²) in [6.07, 6.45) is 5.18. The molecule has 1 fully saturated rings. The van der Waals surface area contributed by atoms with Gasteiger partial charge in [0.05, 0.1) is 18.1 Å². The first-order chi connectivity index (χ1) is 15.0. The molecular formula is C23H26N4O3S. The average molecular weight is 439 g/mol. The van der Waals surface area contributed by atoms with Crippen molar-refractivity contribution in [2.24, 2.45) is 0 Å². The Morgan fingerprint density at radius 1 is 1.23 bits per heavy atom. The van der Waals surface area contributed by atoms with E-state index < -0.39 is 0 Å². The number of carbonyl (C=O) groups excluding carboxylic acids is 2. The minimum atomic E-state index is -0.327. The van der Waals surface area contributed by atoms with Gasteiger partial charge in [0.25, 0.3) is 0 Å². The summed E-state index contributed by atoms with van der Waals surface area (Å²) < 4.78 is 7.58. The zero-order valence-corrected chi connectivity index (χ0v) is 18.5. The highest BCUT2D eigenvalue weighted by molar-refractivity contribution is 8.00. The van der Waals surface area contributed by atoms with Crippen molar-refractivity contribution in [3.63, 3.8) is 0 Å². The first kappa shape index (κ1) is 21.4. The molecule has 2 heterocycles. The molecule has 31 heavy (non-hydrogen) atoms. The fourth-order valence-corrected chi connectivity index (χ4v) is 4.29. The van der Waals surface area contributed by atoms with Crippen LogP contribution < -0.4 is 5.32 Å². The maximum Gasteiger partial charge on any atom is 0.224 e. The Morgan fingerprint density at radius 2 is 2.00 bits per heavy atom. The Morgan fingerprint density at radius 3 is 2.65 bits per heavy atom. The summed E-state index contributed by atoms with van der Waals surface area (Å²) in [5.74, 6) is 2.23. The molecule has 1 N–H and O–H groups in total. The maximum absolute atomic E-state index is 13.0. The molecule has 0 aliphatic heterocycles. The van der Waals surface area contributed by atoms with E-state index in [4.69, 9.17) is 4.42 Å². The van der Waals surface area contributed by atoms with Crippen molar-refractivity contribution >= 4 is 29.1 Å². The van der Waals surface area contributed by atoms with Crippen LogP contribution in [0.2, 0.25) is 0 Å². The van der Waals surface area contributed by atoms with Gasteiger partial charge in [-0.2, -0.15) is 0 Å². The van der Waals surface area contributed by atoms with Crippen molar-refractivity contribution in [2.45, 2.75) is 62.4 Å². The van der Waals surface area contributed by atoms with Gasteiger partial charge in [-0.05, 0) is 62.6 Å². The van der Waals surface area contributed by atoms with Gasteiger partial charge >= 0.3 is 0 Å². The van der Waals surface area contributed by atoms with Crippen molar-refractivity contribution in [1.29, 1.82) is 0 Å². The van der Waals surface area contributed by atoms with Crippen molar-refractivity contribution in [3.8, 4) is 0 Å². The highest BCUT2D eigenvalue weighted by Crippen LogP contribution is 2.40. The largest absolute Gasteiger partial charge is 0.467 e. The number of ketones is 1. The van der Waals surface area contributed by atoms with Gasteiger partial charge in [-0.3, -0.25) is 14.2 Å². The molecule has 8 heteroatoms. The predicted molar refractivity (Wildman–Crippen MR) is 119 cm³/mol. The molecule has 4 rings (SSSR count). The van der Waals surface area contributed by atoms with E-state index in [2.05, 4.69) is 20.1 Å². The SMILES string of the molecule is CCCC(=O)Nc1ccc(C(=O)C(C)Sc2nnc(C3CC3)n2Cc2ccco2)cc1. The van der Waals surface area contributed by atoms with Crippen molar-refractivity contribution in [3.05, 3.63) is 59.8 Å². The second-order valence-electron chi connectivity index (χ2n) is 7.78. The van der Waals surface area contributed by atoms with Gasteiger partial charge in [-0.25, -0.2) is 0 Å². The molecule has 1 amide bonds. The van der Waals surface area contributed by atoms with E-state index in [-0.39, 0.29) is 16.9 Å². The lowest BCUT2D eigenvalue weighted by Crippen LogP contribution is -2.16. The van der Waals surface area contributed by atoms with Crippen LogP contribution in [-0.2, 0) is 11.3 Å². The second kappa shape index (κ2) is 9.51. The number of aromatic nitrogens is 3. The Balaban J connectivity index is 1.45. The van der Waals surface area contributed by atoms with Gasteiger partial charge in [0.2, 0.25) is 5.91 Å². The fourth-order valence-electron chi connectivity index (χ4n) is 3.35. The maximum atomic E-state index is 13.0. The lowest BCUT2D eigenvalue weighted by Gasteiger charge is -2.13. The van der Waals surface area contributed by atoms with Crippen LogP contribution >= 0.6 is 11.8 Å². The van der Waals surface area contributed by atoms with E-state index in [1.54, 1.807) is 30.5 Å². The topological polar surface area (TPSA) is 90.0 Å². The molecule has 1 aliphatic carbocycles. The monoisotopic (exact) mass is 438 g/mol. The van der Waals surface area contributed by atoms with E-state index in [1.165, 1.54) is 11.8 Å². The summed E-state index contributed by atoms with van der Waals surface area (Å²) in [5, 5.41) is 12.0. The van der Waals surface area contributed by atoms with Crippen LogP contribution in [0.25, 0.3) is 0 Å². The summed E-state index contributed by atoms with van der Waals surface area (Å²) in [6, 6.07) is 10.8. The van der Waals surface area contributed by atoms with Gasteiger partial charge in [0.15, 0.2) is 10.9 Å². The highest BCUT2D eigenvalue weighted by atomic mass is 32.2. The Labute approximate surface area is 185 Å². The Bertz CT molecular complexity index is 1040. The van der Waals surface area contributed by atoms with Gasteiger partial charge in [-0.15, -0.1) is 10.2 Å². The summed E-state index contributed by atoms with van der Waals surface area (Å²) in [6.45, 7) is 4.40. The van der Waals surface area contributed by atoms with E-state index in [1.807, 2.05) is 26.0 Å². The van der Waals surface area contributed by atoms with Crippen LogP contribution in [0, 0.1) is 0 Å². The van der Waals surface area contributed by atoms with Crippen LogP contribution in [0.15, 0.2) is 52.2 Å². The fraction of sp³-hybridized carbons (Fsp3) is 0.391. The van der Waals surface area contributed by atoms with Crippen LogP contribution in [0.5, 0.6) is 0 Å². The number of hydrogen-bond acceptors (Lipinski definition) is 6. The lowest BCUT2D eigenvalue weighted by atomic mass is 10.1. The molecule has 1 atom stereocenters. The molecule has 0 spiro atoms. The number of carbonyl (C=O) groups is 2. The van der Waals surface area contributed by atoms with Crippen molar-refractivity contribution in [2.75, 3.05) is 5.32 Å². The molecule has 1 unspecified atom stereocenters. The minimum Gasteiger partial charge on any atom is -0.467 e. The zero-order valence-electron chi connectivity index (χ0n) is 17.7. The molecule has 1 aromatic carbocycles. The van der Waals surface area contributed by atoms with Crippen molar-refractivity contribution in [1.82, 2.24) is 14.8 Å². The number of rotatable bonds is 10. The molecule has 7 nitrogen and oxygen atoms in total. The van der Waals surface area contributed by atoms with Crippen LogP contribution in [0.1, 0.15) is 67.4 Å². The van der Waals surface area contributed by atoms with Gasteiger partial charge < -0.3 is 9.73 Å². The normalized spacial score (nSPS) is 14.4. The van der Waals surface area contributed by atoms with E-state index >= 15 is 0 Å². The quantitative estimate of drug-likeness (QED) is 0.358. The van der Waals surface area contributed by atoms with Gasteiger partial charge in [0.1, 0.15) is 11.6 Å². The predicted octanol–water partition coefficient (Wildman–Crippen LogP) is 4.90. The standard InChI is InChI=1S/C23H26N4O3S/c1-3-5-20(28)24-18-11-9-16(10-12-18)21(29)15(2)31-23-26-25-22(17-7-8-17)27(23)14-19-6-4-13-30-19/h4,6,9-13,15,17H,3,5,7-8,14H2,1-2H3,(H,24,28). The van der Waals surface area contributed by atoms with E-state index in [0.29, 0.717) is 30.1 Å². The number of furan rings is 1. The first-order valence-corrected chi connectivity index (χ1v) is 11.5. The summed E-state index contributed by atoms with van der Waals surface area (Å²) in [4.78, 5) is 24.7. The molecule has 1 aliphatic rings. The number of nitrogens with one attached hydrogen (secondary N) is 1. The second-order valence-corrected chi connectivity index (χ2v) is 9.09. The first-order valence-electron chi connectivity index (χ1n) is 10.6. The molecule has 0 bridgehead atoms. The highest BCUT2D eigenvalue weighted by Gasteiger charge is 2.31. The van der Waals surface area contributed by atoms with Crippen LogP contribution in [0.4, 0.5) is 5.69 Å². The molecule has 162 valence electrons. The van der Waals surface area contributed by atoms with E-state index in [9.17, 15) is 9.59 Å². The Hall–Kier alpha value is -2.87. The summed E-state index contributed by atoms with van der Waals surface area (Å²) in [5.41, 5.74) is 1.30. The number of amides is 1. The smallest absolute Gasteiger partial charge is 0.224 e. The van der Waals surface area contributed by atoms with Gasteiger partial charge in [-0.1, -0.05) is 18.7 Å². The third-order valence-corrected chi connectivity index (χ3v) is 6.24. The van der Waals surface area contributed by atoms with Gasteiger partial charge in [0, 0.05) is 23.6 Å². The number of benzene rings is 1.